The highest BCUT2D eigenvalue weighted by Gasteiger charge is 1.97. The molecule has 1 aromatic rings. The molecule has 0 aliphatic heterocycles. The maximum Gasteiger partial charge on any atom is 0.330 e. The molecule has 0 unspecified atom stereocenters. The number of rotatable bonds is 2. The average Bonchev–Trinajstić information content (AvgIpc) is 2.05. The molecule has 1 rings (SSSR count). The molecular weight excluding hydrogens is 156 g/mol. The van der Waals surface area contributed by atoms with Crippen molar-refractivity contribution in [2.45, 2.75) is 0 Å². The normalized spacial score (nSPS) is 11.2. The molecule has 0 radical (unpaired) electrons. The second kappa shape index (κ2) is 3.52. The molecule has 0 aliphatic carbocycles. The minimum atomic E-state index is -1.06. The van der Waals surface area contributed by atoms with Crippen LogP contribution in [0, 0.1) is 0 Å². The van der Waals surface area contributed by atoms with Crippen LogP contribution in [0.3, 0.4) is 0 Å². The van der Waals surface area contributed by atoms with Gasteiger partial charge in [-0.15, -0.1) is 0 Å². The van der Waals surface area contributed by atoms with Gasteiger partial charge in [-0.3, -0.25) is 4.98 Å². The second-order valence-corrected chi connectivity index (χ2v) is 2.18. The highest BCUT2D eigenvalue weighted by Crippen LogP contribution is 2.04. The summed E-state index contributed by atoms with van der Waals surface area (Å²) in [4.78, 5) is 14.0. The van der Waals surface area contributed by atoms with Crippen LogP contribution in [0.25, 0.3) is 5.70 Å². The molecule has 12 heavy (non-hydrogen) atoms. The number of hydrogen-bond acceptors (Lipinski definition) is 3. The van der Waals surface area contributed by atoms with Crippen LogP contribution >= 0.6 is 0 Å². The number of carbonyl (C=O) groups is 1. The molecule has 0 spiro atoms. The van der Waals surface area contributed by atoms with Crippen molar-refractivity contribution in [3.05, 3.63) is 36.2 Å². The molecule has 4 nitrogen and oxygen atoms in total. The summed E-state index contributed by atoms with van der Waals surface area (Å²) in [6, 6.07) is 3.39. The Bertz CT molecular complexity index is 306. The predicted molar refractivity (Wildman–Crippen MR) is 44.0 cm³/mol. The maximum absolute atomic E-state index is 10.2. The summed E-state index contributed by atoms with van der Waals surface area (Å²) in [5.41, 5.74) is 6.25. The van der Waals surface area contributed by atoms with Crippen LogP contribution in [-0.4, -0.2) is 16.1 Å². The molecule has 0 fully saturated rings. The smallest absolute Gasteiger partial charge is 0.330 e. The van der Waals surface area contributed by atoms with Gasteiger partial charge < -0.3 is 10.8 Å². The first-order valence-electron chi connectivity index (χ1n) is 3.30. The Morgan fingerprint density at radius 3 is 2.92 bits per heavy atom. The Morgan fingerprint density at radius 1 is 1.67 bits per heavy atom. The van der Waals surface area contributed by atoms with E-state index in [0.29, 0.717) is 5.56 Å². The third-order valence-electron chi connectivity index (χ3n) is 1.27. The number of carboxylic acid groups (broad SMARTS) is 1. The zero-order valence-corrected chi connectivity index (χ0v) is 6.27. The number of nitrogens with two attached hydrogens (primary N) is 1. The van der Waals surface area contributed by atoms with E-state index in [-0.39, 0.29) is 5.70 Å². The summed E-state index contributed by atoms with van der Waals surface area (Å²) in [7, 11) is 0. The number of pyridine rings is 1. The van der Waals surface area contributed by atoms with Gasteiger partial charge in [-0.05, 0) is 12.1 Å². The Hall–Kier alpha value is -1.84. The largest absolute Gasteiger partial charge is 0.478 e. The van der Waals surface area contributed by atoms with Crippen LogP contribution in [0.4, 0.5) is 0 Å². The van der Waals surface area contributed by atoms with E-state index in [0.717, 1.165) is 6.08 Å². The third kappa shape index (κ3) is 2.09. The number of nitrogens with zero attached hydrogens (tertiary/aromatic N) is 1. The van der Waals surface area contributed by atoms with Gasteiger partial charge in [0.15, 0.2) is 0 Å². The van der Waals surface area contributed by atoms with E-state index < -0.39 is 5.97 Å². The lowest BCUT2D eigenvalue weighted by Gasteiger charge is -1.97. The molecular formula is C8H8N2O2. The van der Waals surface area contributed by atoms with Gasteiger partial charge >= 0.3 is 5.97 Å². The van der Waals surface area contributed by atoms with Crippen molar-refractivity contribution in [2.24, 2.45) is 5.73 Å². The Kier molecular flexibility index (Phi) is 2.42. The van der Waals surface area contributed by atoms with E-state index in [4.69, 9.17) is 10.8 Å². The lowest BCUT2D eigenvalue weighted by molar-refractivity contribution is -0.131. The molecule has 0 aliphatic rings. The summed E-state index contributed by atoms with van der Waals surface area (Å²) < 4.78 is 0. The quantitative estimate of drug-likeness (QED) is 0.623. The first-order valence-corrected chi connectivity index (χ1v) is 3.30. The summed E-state index contributed by atoms with van der Waals surface area (Å²) >= 11 is 0. The Balaban J connectivity index is 2.93. The molecule has 0 atom stereocenters. The lowest BCUT2D eigenvalue weighted by Crippen LogP contribution is -2.00. The Morgan fingerprint density at radius 2 is 2.42 bits per heavy atom. The standard InChI is InChI=1S/C8H8N2O2/c9-7(4-8(11)12)6-2-1-3-10-5-6/h1-5H,9H2,(H,11,12)/b7-4-. The molecule has 0 amide bonds. The summed E-state index contributed by atoms with van der Waals surface area (Å²) in [5.74, 6) is -1.06. The Labute approximate surface area is 69.4 Å². The van der Waals surface area contributed by atoms with Crippen LogP contribution in [-0.2, 0) is 4.79 Å². The van der Waals surface area contributed by atoms with Gasteiger partial charge in [0, 0.05) is 29.7 Å². The first-order chi connectivity index (χ1) is 5.70. The monoisotopic (exact) mass is 164 g/mol. The molecule has 4 heteroatoms. The summed E-state index contributed by atoms with van der Waals surface area (Å²) in [5, 5.41) is 8.37. The van der Waals surface area contributed by atoms with Crippen molar-refractivity contribution < 1.29 is 9.90 Å². The van der Waals surface area contributed by atoms with Crippen molar-refractivity contribution in [3.8, 4) is 0 Å². The summed E-state index contributed by atoms with van der Waals surface area (Å²) in [6.45, 7) is 0. The number of hydrogen-bond donors (Lipinski definition) is 2. The minimum Gasteiger partial charge on any atom is -0.478 e. The maximum atomic E-state index is 10.2. The number of aromatic nitrogens is 1. The lowest BCUT2D eigenvalue weighted by atomic mass is 10.2. The van der Waals surface area contributed by atoms with Crippen LogP contribution in [0.15, 0.2) is 30.6 Å². The van der Waals surface area contributed by atoms with E-state index in [1.54, 1.807) is 18.3 Å². The SMILES string of the molecule is N/C(=C\C(=O)O)c1cccnc1. The second-order valence-electron chi connectivity index (χ2n) is 2.18. The molecule has 62 valence electrons. The van der Waals surface area contributed by atoms with Gasteiger partial charge in [-0.25, -0.2) is 4.79 Å². The highest BCUT2D eigenvalue weighted by molar-refractivity contribution is 5.88. The van der Waals surface area contributed by atoms with Gasteiger partial charge in [0.25, 0.3) is 0 Å². The van der Waals surface area contributed by atoms with Crippen LogP contribution in [0.1, 0.15) is 5.56 Å². The molecule has 0 saturated heterocycles. The summed E-state index contributed by atoms with van der Waals surface area (Å²) in [6.07, 6.45) is 4.04. The molecule has 0 bridgehead atoms. The minimum absolute atomic E-state index is 0.204. The van der Waals surface area contributed by atoms with Crippen LogP contribution in [0.2, 0.25) is 0 Å². The van der Waals surface area contributed by atoms with Gasteiger partial charge in [-0.2, -0.15) is 0 Å². The first kappa shape index (κ1) is 8.26. The number of carboxylic acids is 1. The molecule has 3 N–H and O–H groups in total. The van der Waals surface area contributed by atoms with E-state index in [2.05, 4.69) is 4.98 Å². The zero-order valence-electron chi connectivity index (χ0n) is 6.27. The van der Waals surface area contributed by atoms with E-state index >= 15 is 0 Å². The average molecular weight is 164 g/mol. The van der Waals surface area contributed by atoms with E-state index in [1.807, 2.05) is 0 Å². The predicted octanol–water partition coefficient (Wildman–Crippen LogP) is 0.466. The van der Waals surface area contributed by atoms with Gasteiger partial charge in [0.2, 0.25) is 0 Å². The van der Waals surface area contributed by atoms with Crippen molar-refractivity contribution in [3.63, 3.8) is 0 Å². The number of aliphatic carboxylic acids is 1. The van der Waals surface area contributed by atoms with Gasteiger partial charge in [0.05, 0.1) is 0 Å². The molecule has 0 aromatic carbocycles. The third-order valence-corrected chi connectivity index (χ3v) is 1.27. The van der Waals surface area contributed by atoms with Crippen molar-refractivity contribution >= 4 is 11.7 Å². The van der Waals surface area contributed by atoms with Gasteiger partial charge in [0.1, 0.15) is 0 Å². The molecule has 0 saturated carbocycles. The van der Waals surface area contributed by atoms with Crippen LogP contribution < -0.4 is 5.73 Å². The van der Waals surface area contributed by atoms with E-state index in [1.165, 1.54) is 6.20 Å². The molecule has 1 aromatic heterocycles. The fourth-order valence-electron chi connectivity index (χ4n) is 0.750. The van der Waals surface area contributed by atoms with Gasteiger partial charge in [-0.1, -0.05) is 0 Å². The fourth-order valence-corrected chi connectivity index (χ4v) is 0.750. The van der Waals surface area contributed by atoms with Crippen molar-refractivity contribution in [1.29, 1.82) is 0 Å². The molecule has 1 heterocycles. The zero-order chi connectivity index (χ0) is 8.97. The van der Waals surface area contributed by atoms with Crippen LogP contribution in [0.5, 0.6) is 0 Å². The fraction of sp³-hybridized carbons (Fsp3) is 0. The topological polar surface area (TPSA) is 76.2 Å². The van der Waals surface area contributed by atoms with Crippen molar-refractivity contribution in [2.75, 3.05) is 0 Å². The van der Waals surface area contributed by atoms with E-state index in [9.17, 15) is 4.79 Å². The van der Waals surface area contributed by atoms with Crippen molar-refractivity contribution in [1.82, 2.24) is 4.98 Å². The highest BCUT2D eigenvalue weighted by atomic mass is 16.4.